The Kier molecular flexibility index (Phi) is 6.58. The van der Waals surface area contributed by atoms with E-state index in [0.29, 0.717) is 11.8 Å². The molecule has 0 aliphatic rings. The molecule has 1 aromatic rings. The molecule has 0 heterocycles. The van der Waals surface area contributed by atoms with Crippen LogP contribution < -0.4 is 4.74 Å². The molecule has 1 atom stereocenters. The minimum absolute atomic E-state index is 0.632. The van der Waals surface area contributed by atoms with E-state index in [2.05, 4.69) is 50.6 Å². The van der Waals surface area contributed by atoms with Gasteiger partial charge in [0.25, 0.3) is 0 Å². The average Bonchev–Trinajstić information content (AvgIpc) is 2.36. The molecule has 0 N–H and O–H groups in total. The molecule has 102 valence electrons. The van der Waals surface area contributed by atoms with E-state index >= 15 is 0 Å². The van der Waals surface area contributed by atoms with E-state index in [0.717, 1.165) is 24.6 Å². The van der Waals surface area contributed by atoms with Gasteiger partial charge in [-0.25, -0.2) is 0 Å². The van der Waals surface area contributed by atoms with Crippen molar-refractivity contribution in [2.75, 3.05) is 26.5 Å². The van der Waals surface area contributed by atoms with Gasteiger partial charge in [0, 0.05) is 18.7 Å². The van der Waals surface area contributed by atoms with Crippen LogP contribution in [0.4, 0.5) is 0 Å². The Morgan fingerprint density at radius 2 is 1.94 bits per heavy atom. The van der Waals surface area contributed by atoms with Gasteiger partial charge < -0.3 is 9.64 Å². The fourth-order valence-corrected chi connectivity index (χ4v) is 2.61. The molecular formula is C15H25NOS. The summed E-state index contributed by atoms with van der Waals surface area (Å²) in [5.74, 6) is 3.21. The summed E-state index contributed by atoms with van der Waals surface area (Å²) >= 11 is 4.44. The van der Waals surface area contributed by atoms with Crippen molar-refractivity contribution in [2.24, 2.45) is 11.8 Å². The third-order valence-electron chi connectivity index (χ3n) is 3.36. The lowest BCUT2D eigenvalue weighted by Gasteiger charge is -2.26. The maximum Gasteiger partial charge on any atom is 0.123 e. The van der Waals surface area contributed by atoms with Crippen molar-refractivity contribution in [2.45, 2.75) is 20.4 Å². The molecule has 0 fully saturated rings. The van der Waals surface area contributed by atoms with Gasteiger partial charge in [0.05, 0.1) is 7.11 Å². The predicted molar refractivity (Wildman–Crippen MR) is 81.5 cm³/mol. The van der Waals surface area contributed by atoms with Gasteiger partial charge in [-0.2, -0.15) is 12.6 Å². The molecular weight excluding hydrogens is 242 g/mol. The lowest BCUT2D eigenvalue weighted by atomic mass is 9.97. The van der Waals surface area contributed by atoms with Crippen molar-refractivity contribution >= 4 is 12.6 Å². The molecule has 0 saturated carbocycles. The van der Waals surface area contributed by atoms with E-state index in [-0.39, 0.29) is 0 Å². The quantitative estimate of drug-likeness (QED) is 0.761. The average molecular weight is 267 g/mol. The number of hydrogen-bond donors (Lipinski definition) is 1. The molecule has 2 nitrogen and oxygen atoms in total. The summed E-state index contributed by atoms with van der Waals surface area (Å²) in [6.07, 6.45) is 0. The molecule has 1 aromatic carbocycles. The van der Waals surface area contributed by atoms with Gasteiger partial charge in [0.1, 0.15) is 5.75 Å². The highest BCUT2D eigenvalue weighted by Gasteiger charge is 2.15. The van der Waals surface area contributed by atoms with E-state index < -0.39 is 0 Å². The van der Waals surface area contributed by atoms with Gasteiger partial charge in [-0.1, -0.05) is 32.0 Å². The first-order valence-corrected chi connectivity index (χ1v) is 7.13. The summed E-state index contributed by atoms with van der Waals surface area (Å²) in [6.45, 7) is 6.51. The minimum Gasteiger partial charge on any atom is -0.496 e. The van der Waals surface area contributed by atoms with Gasteiger partial charge in [-0.15, -0.1) is 0 Å². The Morgan fingerprint density at radius 1 is 1.28 bits per heavy atom. The highest BCUT2D eigenvalue weighted by Crippen LogP contribution is 2.20. The maximum absolute atomic E-state index is 5.38. The van der Waals surface area contributed by atoms with Crippen LogP contribution in [-0.2, 0) is 6.54 Å². The second kappa shape index (κ2) is 7.70. The van der Waals surface area contributed by atoms with Crippen LogP contribution in [0, 0.1) is 11.8 Å². The summed E-state index contributed by atoms with van der Waals surface area (Å²) in [7, 11) is 3.88. The monoisotopic (exact) mass is 267 g/mol. The number of ether oxygens (including phenoxy) is 1. The molecule has 18 heavy (non-hydrogen) atoms. The number of nitrogens with zero attached hydrogens (tertiary/aromatic N) is 1. The number of para-hydroxylation sites is 1. The molecule has 3 heteroatoms. The van der Waals surface area contributed by atoms with Gasteiger partial charge in [-0.3, -0.25) is 0 Å². The molecule has 1 unspecified atom stereocenters. The predicted octanol–water partition coefficient (Wildman–Crippen LogP) is 3.33. The molecule has 0 saturated heterocycles. The second-order valence-corrected chi connectivity index (χ2v) is 5.56. The molecule has 0 radical (unpaired) electrons. The smallest absolute Gasteiger partial charge is 0.123 e. The van der Waals surface area contributed by atoms with Crippen LogP contribution in [0.25, 0.3) is 0 Å². The number of thiol groups is 1. The zero-order chi connectivity index (χ0) is 13.5. The normalized spacial score (nSPS) is 13.1. The van der Waals surface area contributed by atoms with Crippen molar-refractivity contribution in [3.63, 3.8) is 0 Å². The Balaban J connectivity index is 2.61. The summed E-state index contributed by atoms with van der Waals surface area (Å²) in [6, 6.07) is 8.21. The number of hydrogen-bond acceptors (Lipinski definition) is 3. The summed E-state index contributed by atoms with van der Waals surface area (Å²) < 4.78 is 5.38. The number of rotatable bonds is 7. The first-order valence-electron chi connectivity index (χ1n) is 6.49. The van der Waals surface area contributed by atoms with Gasteiger partial charge in [0.15, 0.2) is 0 Å². The van der Waals surface area contributed by atoms with Crippen LogP contribution in [0.5, 0.6) is 5.75 Å². The Morgan fingerprint density at radius 3 is 2.50 bits per heavy atom. The van der Waals surface area contributed by atoms with Gasteiger partial charge in [-0.05, 0) is 30.7 Å². The first-order chi connectivity index (χ1) is 8.58. The zero-order valence-electron chi connectivity index (χ0n) is 11.9. The Labute approximate surface area is 117 Å². The fourth-order valence-electron chi connectivity index (χ4n) is 2.07. The van der Waals surface area contributed by atoms with E-state index in [1.807, 2.05) is 12.1 Å². The molecule has 0 amide bonds. The lowest BCUT2D eigenvalue weighted by molar-refractivity contribution is 0.244. The van der Waals surface area contributed by atoms with E-state index in [4.69, 9.17) is 4.74 Å². The molecule has 0 aromatic heterocycles. The maximum atomic E-state index is 5.38. The Hall–Kier alpha value is -0.670. The Bertz CT molecular complexity index is 354. The summed E-state index contributed by atoms with van der Waals surface area (Å²) in [5, 5.41) is 0. The van der Waals surface area contributed by atoms with Gasteiger partial charge in [0.2, 0.25) is 0 Å². The van der Waals surface area contributed by atoms with Crippen molar-refractivity contribution in [1.29, 1.82) is 0 Å². The van der Waals surface area contributed by atoms with E-state index in [9.17, 15) is 0 Å². The lowest BCUT2D eigenvalue weighted by Crippen LogP contribution is -2.29. The van der Waals surface area contributed by atoms with E-state index in [1.165, 1.54) is 5.56 Å². The van der Waals surface area contributed by atoms with Crippen LogP contribution in [-0.4, -0.2) is 31.4 Å². The molecule has 0 aliphatic heterocycles. The molecule has 1 rings (SSSR count). The molecule has 0 spiro atoms. The second-order valence-electron chi connectivity index (χ2n) is 5.20. The summed E-state index contributed by atoms with van der Waals surface area (Å²) in [4.78, 5) is 2.35. The van der Waals surface area contributed by atoms with Crippen LogP contribution in [0.3, 0.4) is 0 Å². The number of methoxy groups -OCH3 is 1. The first kappa shape index (κ1) is 15.4. The topological polar surface area (TPSA) is 12.5 Å². The highest BCUT2D eigenvalue weighted by atomic mass is 32.1. The minimum atomic E-state index is 0.632. The van der Waals surface area contributed by atoms with Crippen molar-refractivity contribution in [1.82, 2.24) is 4.90 Å². The van der Waals surface area contributed by atoms with Crippen LogP contribution in [0.2, 0.25) is 0 Å². The summed E-state index contributed by atoms with van der Waals surface area (Å²) in [5.41, 5.74) is 1.24. The largest absolute Gasteiger partial charge is 0.496 e. The SMILES string of the molecule is COc1ccccc1CN(C)CC(CS)C(C)C. The third-order valence-corrected chi connectivity index (χ3v) is 3.83. The van der Waals surface area contributed by atoms with E-state index in [1.54, 1.807) is 7.11 Å². The van der Waals surface area contributed by atoms with Gasteiger partial charge >= 0.3 is 0 Å². The highest BCUT2D eigenvalue weighted by molar-refractivity contribution is 7.80. The van der Waals surface area contributed by atoms with Crippen LogP contribution in [0.1, 0.15) is 19.4 Å². The van der Waals surface area contributed by atoms with Crippen LogP contribution in [0.15, 0.2) is 24.3 Å². The zero-order valence-corrected chi connectivity index (χ0v) is 12.8. The van der Waals surface area contributed by atoms with Crippen molar-refractivity contribution in [3.8, 4) is 5.75 Å². The molecule has 0 bridgehead atoms. The molecule has 0 aliphatic carbocycles. The van der Waals surface area contributed by atoms with Crippen LogP contribution >= 0.6 is 12.6 Å². The van der Waals surface area contributed by atoms with Crippen molar-refractivity contribution < 1.29 is 4.74 Å². The third kappa shape index (κ3) is 4.54. The standard InChI is InChI=1S/C15H25NOS/c1-12(2)14(11-18)10-16(3)9-13-7-5-6-8-15(13)17-4/h5-8,12,14,18H,9-11H2,1-4H3. The number of benzene rings is 1. The van der Waals surface area contributed by atoms with Crippen molar-refractivity contribution in [3.05, 3.63) is 29.8 Å². The fraction of sp³-hybridized carbons (Fsp3) is 0.600.